The van der Waals surface area contributed by atoms with Gasteiger partial charge in [0.2, 0.25) is 5.88 Å². The molecule has 0 aliphatic rings. The van der Waals surface area contributed by atoms with Gasteiger partial charge in [-0.15, -0.1) is 0 Å². The number of nitrogens with zero attached hydrogens (tertiary/aromatic N) is 1. The van der Waals surface area contributed by atoms with Crippen LogP contribution in [0.5, 0.6) is 11.6 Å². The second-order valence-corrected chi connectivity index (χ2v) is 4.99. The molecule has 0 bridgehead atoms. The van der Waals surface area contributed by atoms with Gasteiger partial charge < -0.3 is 9.84 Å². The van der Waals surface area contributed by atoms with E-state index >= 15 is 0 Å². The molecule has 4 heteroatoms. The number of hydrogen-bond acceptors (Lipinski definition) is 3. The predicted molar refractivity (Wildman–Crippen MR) is 76.7 cm³/mol. The number of hydrogen-bond donors (Lipinski definition) is 1. The SMILES string of the molecule is Cc1cc(C)cc(Oc2nc(C)cc(C)c2C(=O)O)c1. The molecule has 2 rings (SSSR count). The van der Waals surface area contributed by atoms with E-state index in [0.29, 0.717) is 11.3 Å². The molecule has 0 aliphatic carbocycles. The molecule has 0 radical (unpaired) electrons. The van der Waals surface area contributed by atoms with E-state index in [-0.39, 0.29) is 11.4 Å². The Labute approximate surface area is 118 Å². The second-order valence-electron chi connectivity index (χ2n) is 4.99. The van der Waals surface area contributed by atoms with Crippen molar-refractivity contribution in [2.75, 3.05) is 0 Å². The monoisotopic (exact) mass is 271 g/mol. The van der Waals surface area contributed by atoms with Crippen LogP contribution in [0.1, 0.15) is 32.7 Å². The molecule has 0 fully saturated rings. The Morgan fingerprint density at radius 3 is 2.20 bits per heavy atom. The smallest absolute Gasteiger partial charge is 0.341 e. The van der Waals surface area contributed by atoms with Crippen LogP contribution in [0.25, 0.3) is 0 Å². The first-order chi connectivity index (χ1) is 9.36. The second kappa shape index (κ2) is 5.33. The molecule has 1 aromatic heterocycles. The number of rotatable bonds is 3. The van der Waals surface area contributed by atoms with Crippen molar-refractivity contribution in [2.24, 2.45) is 0 Å². The Kier molecular flexibility index (Phi) is 3.74. The Balaban J connectivity index is 2.49. The lowest BCUT2D eigenvalue weighted by atomic mass is 10.1. The molecule has 0 aliphatic heterocycles. The van der Waals surface area contributed by atoms with E-state index in [1.54, 1.807) is 13.0 Å². The first-order valence-electron chi connectivity index (χ1n) is 6.34. The van der Waals surface area contributed by atoms with Crippen LogP contribution < -0.4 is 4.74 Å². The molecule has 1 N–H and O–H groups in total. The Morgan fingerprint density at radius 1 is 1.05 bits per heavy atom. The molecule has 1 aromatic carbocycles. The highest BCUT2D eigenvalue weighted by Crippen LogP contribution is 2.27. The fourth-order valence-electron chi connectivity index (χ4n) is 2.24. The first kappa shape index (κ1) is 14.1. The Bertz CT molecular complexity index is 657. The van der Waals surface area contributed by atoms with Crippen molar-refractivity contribution >= 4 is 5.97 Å². The summed E-state index contributed by atoms with van der Waals surface area (Å²) >= 11 is 0. The van der Waals surface area contributed by atoms with Gasteiger partial charge in [-0.05, 0) is 62.6 Å². The number of aryl methyl sites for hydroxylation is 4. The van der Waals surface area contributed by atoms with E-state index in [1.807, 2.05) is 39.0 Å². The molecule has 0 saturated carbocycles. The van der Waals surface area contributed by atoms with Gasteiger partial charge in [-0.25, -0.2) is 9.78 Å². The largest absolute Gasteiger partial charge is 0.477 e. The highest BCUT2D eigenvalue weighted by Gasteiger charge is 2.17. The fraction of sp³-hybridized carbons (Fsp3) is 0.250. The van der Waals surface area contributed by atoms with Crippen LogP contribution in [0.3, 0.4) is 0 Å². The molecule has 0 amide bonds. The Morgan fingerprint density at radius 2 is 1.65 bits per heavy atom. The van der Waals surface area contributed by atoms with Crippen LogP contribution in [0.2, 0.25) is 0 Å². The van der Waals surface area contributed by atoms with E-state index in [0.717, 1.165) is 16.8 Å². The van der Waals surface area contributed by atoms with Crippen LogP contribution in [0.15, 0.2) is 24.3 Å². The number of carboxylic acids is 1. The summed E-state index contributed by atoms with van der Waals surface area (Å²) in [7, 11) is 0. The predicted octanol–water partition coefficient (Wildman–Crippen LogP) is 3.81. The summed E-state index contributed by atoms with van der Waals surface area (Å²) in [5, 5.41) is 9.30. The minimum absolute atomic E-state index is 0.106. The zero-order chi connectivity index (χ0) is 14.9. The highest BCUT2D eigenvalue weighted by atomic mass is 16.5. The van der Waals surface area contributed by atoms with Gasteiger partial charge in [0, 0.05) is 5.69 Å². The van der Waals surface area contributed by atoms with Gasteiger partial charge in [-0.3, -0.25) is 0 Å². The van der Waals surface area contributed by atoms with E-state index < -0.39 is 5.97 Å². The topological polar surface area (TPSA) is 59.4 Å². The minimum Gasteiger partial charge on any atom is -0.477 e. The quantitative estimate of drug-likeness (QED) is 0.922. The van der Waals surface area contributed by atoms with Gasteiger partial charge in [0.15, 0.2) is 0 Å². The van der Waals surface area contributed by atoms with Crippen molar-refractivity contribution in [3.63, 3.8) is 0 Å². The number of ether oxygens (including phenoxy) is 1. The molecule has 2 aromatic rings. The number of carboxylic acid groups (broad SMARTS) is 1. The van der Waals surface area contributed by atoms with Crippen molar-refractivity contribution < 1.29 is 14.6 Å². The van der Waals surface area contributed by atoms with Crippen LogP contribution in [0.4, 0.5) is 0 Å². The zero-order valence-electron chi connectivity index (χ0n) is 12.0. The number of carbonyl (C=O) groups is 1. The average molecular weight is 271 g/mol. The maximum absolute atomic E-state index is 11.4. The number of aromatic nitrogens is 1. The zero-order valence-corrected chi connectivity index (χ0v) is 12.0. The molecule has 0 unspecified atom stereocenters. The van der Waals surface area contributed by atoms with E-state index in [2.05, 4.69) is 4.98 Å². The number of pyridine rings is 1. The van der Waals surface area contributed by atoms with E-state index in [1.165, 1.54) is 0 Å². The number of benzene rings is 1. The summed E-state index contributed by atoms with van der Waals surface area (Å²) in [4.78, 5) is 15.6. The molecule has 4 nitrogen and oxygen atoms in total. The summed E-state index contributed by atoms with van der Waals surface area (Å²) in [6, 6.07) is 7.48. The third-order valence-electron chi connectivity index (χ3n) is 2.94. The minimum atomic E-state index is -1.03. The van der Waals surface area contributed by atoms with Crippen LogP contribution in [-0.4, -0.2) is 16.1 Å². The van der Waals surface area contributed by atoms with Crippen LogP contribution in [-0.2, 0) is 0 Å². The summed E-state index contributed by atoms with van der Waals surface area (Å²) in [5.74, 6) is -0.295. The molecule has 104 valence electrons. The molecule has 0 saturated heterocycles. The van der Waals surface area contributed by atoms with Crippen molar-refractivity contribution in [1.82, 2.24) is 4.98 Å². The van der Waals surface area contributed by atoms with Crippen LogP contribution in [0, 0.1) is 27.7 Å². The van der Waals surface area contributed by atoms with Crippen molar-refractivity contribution in [1.29, 1.82) is 0 Å². The first-order valence-corrected chi connectivity index (χ1v) is 6.34. The third-order valence-corrected chi connectivity index (χ3v) is 2.94. The van der Waals surface area contributed by atoms with Gasteiger partial charge >= 0.3 is 5.97 Å². The van der Waals surface area contributed by atoms with Gasteiger partial charge in [0.25, 0.3) is 0 Å². The maximum Gasteiger partial charge on any atom is 0.341 e. The summed E-state index contributed by atoms with van der Waals surface area (Å²) < 4.78 is 5.70. The lowest BCUT2D eigenvalue weighted by molar-refractivity contribution is 0.0692. The van der Waals surface area contributed by atoms with Gasteiger partial charge in [0.1, 0.15) is 11.3 Å². The summed E-state index contributed by atoms with van der Waals surface area (Å²) in [6.45, 7) is 7.49. The van der Waals surface area contributed by atoms with Gasteiger partial charge in [-0.1, -0.05) is 6.07 Å². The van der Waals surface area contributed by atoms with Crippen molar-refractivity contribution in [3.05, 3.63) is 52.2 Å². The van der Waals surface area contributed by atoms with E-state index in [9.17, 15) is 9.90 Å². The van der Waals surface area contributed by atoms with Crippen LogP contribution >= 0.6 is 0 Å². The molecule has 0 spiro atoms. The van der Waals surface area contributed by atoms with E-state index in [4.69, 9.17) is 4.74 Å². The molecular weight excluding hydrogens is 254 g/mol. The van der Waals surface area contributed by atoms with Gasteiger partial charge in [0.05, 0.1) is 0 Å². The average Bonchev–Trinajstić information content (AvgIpc) is 2.25. The molecule has 1 heterocycles. The van der Waals surface area contributed by atoms with Crippen molar-refractivity contribution in [3.8, 4) is 11.6 Å². The normalized spacial score (nSPS) is 10.4. The standard InChI is InChI=1S/C16H17NO3/c1-9-5-10(2)7-13(6-9)20-15-14(16(18)19)11(3)8-12(4)17-15/h5-8H,1-4H3,(H,18,19). The lowest BCUT2D eigenvalue weighted by Crippen LogP contribution is -2.06. The van der Waals surface area contributed by atoms with Crippen molar-refractivity contribution in [2.45, 2.75) is 27.7 Å². The van der Waals surface area contributed by atoms with Gasteiger partial charge in [-0.2, -0.15) is 0 Å². The summed E-state index contributed by atoms with van der Waals surface area (Å²) in [5.41, 5.74) is 3.59. The molecular formula is C16H17NO3. The third kappa shape index (κ3) is 2.96. The molecule has 20 heavy (non-hydrogen) atoms. The number of aromatic carboxylic acids is 1. The Hall–Kier alpha value is -2.36. The lowest BCUT2D eigenvalue weighted by Gasteiger charge is -2.12. The maximum atomic E-state index is 11.4. The highest BCUT2D eigenvalue weighted by molar-refractivity contribution is 5.92. The fourth-order valence-corrected chi connectivity index (χ4v) is 2.24. The summed E-state index contributed by atoms with van der Waals surface area (Å²) in [6.07, 6.45) is 0. The molecule has 0 atom stereocenters.